The molecule has 0 saturated heterocycles. The van der Waals surface area contributed by atoms with Crippen LogP contribution in [0.2, 0.25) is 5.02 Å². The normalized spacial score (nSPS) is 12.8. The number of rotatable bonds is 6. The first-order valence-corrected chi connectivity index (χ1v) is 6.95. The van der Waals surface area contributed by atoms with Gasteiger partial charge < -0.3 is 10.2 Å². The summed E-state index contributed by atoms with van der Waals surface area (Å²) in [4.78, 5) is 2.14. The van der Waals surface area contributed by atoms with Crippen molar-refractivity contribution in [3.63, 3.8) is 0 Å². The van der Waals surface area contributed by atoms with Crippen LogP contribution in [0.3, 0.4) is 0 Å². The van der Waals surface area contributed by atoms with Crippen molar-refractivity contribution in [3.8, 4) is 0 Å². The van der Waals surface area contributed by atoms with Crippen molar-refractivity contribution >= 4 is 11.6 Å². The van der Waals surface area contributed by atoms with E-state index in [1.54, 1.807) is 12.3 Å². The van der Waals surface area contributed by atoms with Crippen LogP contribution >= 0.6 is 11.6 Å². The number of halogens is 2. The van der Waals surface area contributed by atoms with Gasteiger partial charge in [0.2, 0.25) is 0 Å². The second-order valence-electron chi connectivity index (χ2n) is 4.57. The van der Waals surface area contributed by atoms with Crippen LogP contribution in [0.15, 0.2) is 41.0 Å². The van der Waals surface area contributed by atoms with E-state index in [0.29, 0.717) is 13.1 Å². The molecule has 1 atom stereocenters. The zero-order chi connectivity index (χ0) is 14.5. The molecule has 0 amide bonds. The van der Waals surface area contributed by atoms with E-state index in [2.05, 4.69) is 4.90 Å². The zero-order valence-electron chi connectivity index (χ0n) is 11.4. The lowest BCUT2D eigenvalue weighted by molar-refractivity contribution is 0.187. The van der Waals surface area contributed by atoms with E-state index in [9.17, 15) is 4.39 Å². The molecule has 3 nitrogen and oxygen atoms in total. The highest BCUT2D eigenvalue weighted by Gasteiger charge is 2.20. The molecule has 0 aliphatic rings. The van der Waals surface area contributed by atoms with Crippen molar-refractivity contribution < 1.29 is 8.81 Å². The lowest BCUT2D eigenvalue weighted by Crippen LogP contribution is -2.33. The maximum atomic E-state index is 13.6. The molecule has 1 heterocycles. The summed E-state index contributed by atoms with van der Waals surface area (Å²) in [6.45, 7) is 3.86. The molecule has 2 N–H and O–H groups in total. The molecule has 1 unspecified atom stereocenters. The molecule has 2 aromatic rings. The van der Waals surface area contributed by atoms with Crippen molar-refractivity contribution in [2.75, 3.05) is 13.1 Å². The lowest BCUT2D eigenvalue weighted by atomic mass is 10.0. The average Bonchev–Trinajstić information content (AvgIpc) is 2.95. The van der Waals surface area contributed by atoms with E-state index in [-0.39, 0.29) is 11.1 Å². The number of hydrogen-bond acceptors (Lipinski definition) is 3. The fourth-order valence-electron chi connectivity index (χ4n) is 2.26. The monoisotopic (exact) mass is 296 g/mol. The Balaban J connectivity index is 2.21. The van der Waals surface area contributed by atoms with Gasteiger partial charge in [0, 0.05) is 12.6 Å². The average molecular weight is 297 g/mol. The Morgan fingerprint density at radius 3 is 2.75 bits per heavy atom. The molecule has 5 heteroatoms. The molecule has 2 rings (SSSR count). The summed E-state index contributed by atoms with van der Waals surface area (Å²) in [7, 11) is 0. The predicted molar refractivity (Wildman–Crippen MR) is 78.0 cm³/mol. The molecule has 0 aliphatic heterocycles. The summed E-state index contributed by atoms with van der Waals surface area (Å²) < 4.78 is 19.0. The Hall–Kier alpha value is -1.36. The summed E-state index contributed by atoms with van der Waals surface area (Å²) in [6.07, 6.45) is 1.64. The van der Waals surface area contributed by atoms with Crippen LogP contribution < -0.4 is 5.73 Å². The second-order valence-corrected chi connectivity index (χ2v) is 4.97. The van der Waals surface area contributed by atoms with Gasteiger partial charge in [-0.1, -0.05) is 24.6 Å². The van der Waals surface area contributed by atoms with Crippen LogP contribution in [0.4, 0.5) is 4.39 Å². The second kappa shape index (κ2) is 6.88. The fourth-order valence-corrected chi connectivity index (χ4v) is 2.38. The van der Waals surface area contributed by atoms with Gasteiger partial charge in [-0.15, -0.1) is 0 Å². The fraction of sp³-hybridized carbons (Fsp3) is 0.333. The highest BCUT2D eigenvalue weighted by molar-refractivity contribution is 6.30. The van der Waals surface area contributed by atoms with Gasteiger partial charge in [-0.05, 0) is 36.4 Å². The first kappa shape index (κ1) is 15.0. The minimum atomic E-state index is -0.420. The van der Waals surface area contributed by atoms with E-state index in [1.165, 1.54) is 6.07 Å². The minimum absolute atomic E-state index is 0.0723. The smallest absolute Gasteiger partial charge is 0.142 e. The summed E-state index contributed by atoms with van der Waals surface area (Å²) in [5.74, 6) is 0.441. The molecule has 0 aliphatic carbocycles. The molecule has 1 aromatic carbocycles. The maximum absolute atomic E-state index is 13.6. The number of benzene rings is 1. The molecule has 0 fully saturated rings. The first-order valence-electron chi connectivity index (χ1n) is 6.57. The van der Waals surface area contributed by atoms with Gasteiger partial charge in [-0.3, -0.25) is 4.90 Å². The van der Waals surface area contributed by atoms with Crippen molar-refractivity contribution in [1.82, 2.24) is 4.90 Å². The Morgan fingerprint density at radius 1 is 1.40 bits per heavy atom. The zero-order valence-corrected chi connectivity index (χ0v) is 12.1. The van der Waals surface area contributed by atoms with E-state index >= 15 is 0 Å². The van der Waals surface area contributed by atoms with Gasteiger partial charge in [0.15, 0.2) is 0 Å². The van der Waals surface area contributed by atoms with Gasteiger partial charge in [0.05, 0.1) is 17.8 Å². The molecule has 0 spiro atoms. The van der Waals surface area contributed by atoms with E-state index in [4.69, 9.17) is 21.8 Å². The number of hydrogen-bond donors (Lipinski definition) is 1. The lowest BCUT2D eigenvalue weighted by Gasteiger charge is -2.29. The van der Waals surface area contributed by atoms with Gasteiger partial charge in [-0.25, -0.2) is 4.39 Å². The highest BCUT2D eigenvalue weighted by atomic mass is 35.5. The Bertz CT molecular complexity index is 545. The SMILES string of the molecule is CCN(Cc1ccco1)C(CN)c1ccc(Cl)c(F)c1. The Labute approximate surface area is 123 Å². The number of nitrogens with two attached hydrogens (primary N) is 1. The largest absolute Gasteiger partial charge is 0.468 e. The molecule has 0 bridgehead atoms. The van der Waals surface area contributed by atoms with E-state index in [1.807, 2.05) is 25.1 Å². The van der Waals surface area contributed by atoms with Gasteiger partial charge in [0.25, 0.3) is 0 Å². The third kappa shape index (κ3) is 3.39. The van der Waals surface area contributed by atoms with Crippen LogP contribution in [0.25, 0.3) is 0 Å². The summed E-state index contributed by atoms with van der Waals surface area (Å²) in [6, 6.07) is 8.52. The van der Waals surface area contributed by atoms with Crippen LogP contribution in [0, 0.1) is 5.82 Å². The molecule has 0 radical (unpaired) electrons. The third-order valence-electron chi connectivity index (χ3n) is 3.34. The highest BCUT2D eigenvalue weighted by Crippen LogP contribution is 2.25. The molecular weight excluding hydrogens is 279 g/mol. The number of furan rings is 1. The molecule has 0 saturated carbocycles. The molecule has 108 valence electrons. The van der Waals surface area contributed by atoms with Crippen molar-refractivity contribution in [3.05, 3.63) is 58.8 Å². The summed E-state index contributed by atoms with van der Waals surface area (Å²) >= 11 is 5.72. The van der Waals surface area contributed by atoms with Gasteiger partial charge in [-0.2, -0.15) is 0 Å². The number of nitrogens with zero attached hydrogens (tertiary/aromatic N) is 1. The maximum Gasteiger partial charge on any atom is 0.142 e. The van der Waals surface area contributed by atoms with Crippen molar-refractivity contribution in [2.24, 2.45) is 5.73 Å². The Morgan fingerprint density at radius 2 is 2.20 bits per heavy atom. The summed E-state index contributed by atoms with van der Waals surface area (Å²) in [5.41, 5.74) is 6.69. The molecule has 20 heavy (non-hydrogen) atoms. The predicted octanol–water partition coefficient (Wildman–Crippen LogP) is 3.59. The van der Waals surface area contributed by atoms with Gasteiger partial charge >= 0.3 is 0 Å². The van der Waals surface area contributed by atoms with E-state index < -0.39 is 5.82 Å². The minimum Gasteiger partial charge on any atom is -0.468 e. The van der Waals surface area contributed by atoms with Crippen molar-refractivity contribution in [2.45, 2.75) is 19.5 Å². The first-order chi connectivity index (χ1) is 9.65. The molecule has 1 aromatic heterocycles. The van der Waals surface area contributed by atoms with Crippen molar-refractivity contribution in [1.29, 1.82) is 0 Å². The van der Waals surface area contributed by atoms with Crippen LogP contribution in [0.1, 0.15) is 24.3 Å². The number of likely N-dealkylation sites (N-methyl/N-ethyl adjacent to an activating group) is 1. The van der Waals surface area contributed by atoms with E-state index in [0.717, 1.165) is 17.9 Å². The third-order valence-corrected chi connectivity index (χ3v) is 3.64. The molecular formula is C15H18ClFN2O. The topological polar surface area (TPSA) is 42.4 Å². The quantitative estimate of drug-likeness (QED) is 0.886. The van der Waals surface area contributed by atoms with Gasteiger partial charge in [0.1, 0.15) is 11.6 Å². The standard InChI is InChI=1S/C15H18ClFN2O/c1-2-19(10-12-4-3-7-20-12)15(9-18)11-5-6-13(16)14(17)8-11/h3-8,15H,2,9-10,18H2,1H3. The Kier molecular flexibility index (Phi) is 5.17. The van der Waals surface area contributed by atoms with Crippen LogP contribution in [-0.2, 0) is 6.54 Å². The van der Waals surface area contributed by atoms with Crippen LogP contribution in [0.5, 0.6) is 0 Å². The summed E-state index contributed by atoms with van der Waals surface area (Å²) in [5, 5.41) is 0.124. The van der Waals surface area contributed by atoms with Crippen LogP contribution in [-0.4, -0.2) is 18.0 Å².